The fourth-order valence-corrected chi connectivity index (χ4v) is 7.39. The second kappa shape index (κ2) is 8.18. The second-order valence-corrected chi connectivity index (χ2v) is 10.9. The van der Waals surface area contributed by atoms with Gasteiger partial charge >= 0.3 is 0 Å². The van der Waals surface area contributed by atoms with Crippen LogP contribution in [0.5, 0.6) is 0 Å². The van der Waals surface area contributed by atoms with E-state index < -0.39 is 5.41 Å². The maximum atomic E-state index is 14.4. The van der Waals surface area contributed by atoms with Crippen molar-refractivity contribution in [2.75, 3.05) is 0 Å². The molecule has 4 aromatic carbocycles. The van der Waals surface area contributed by atoms with E-state index >= 15 is 0 Å². The van der Waals surface area contributed by atoms with E-state index in [-0.39, 0.29) is 11.1 Å². The molecule has 3 aromatic heterocycles. The Morgan fingerprint density at radius 1 is 0.476 bits per heavy atom. The van der Waals surface area contributed by atoms with Crippen LogP contribution >= 0.6 is 0 Å². The Labute approximate surface area is 240 Å². The molecule has 0 saturated carbocycles. The lowest BCUT2D eigenvalue weighted by atomic mass is 9.70. The Kier molecular flexibility index (Phi) is 4.49. The van der Waals surface area contributed by atoms with Gasteiger partial charge in [0.2, 0.25) is 0 Å². The van der Waals surface area contributed by atoms with Gasteiger partial charge < -0.3 is 0 Å². The first-order chi connectivity index (χ1) is 20.7. The SMILES string of the molecule is O=c1c2ccncc2c2cc3c(cc2c(=O)n1-c1ccncc1)-c1ccccc1C31c2ccccc2-c2ccccc21. The molecule has 2 aliphatic carbocycles. The summed E-state index contributed by atoms with van der Waals surface area (Å²) in [6.07, 6.45) is 6.48. The Bertz CT molecular complexity index is 2370. The van der Waals surface area contributed by atoms with E-state index in [1.807, 2.05) is 12.1 Å². The van der Waals surface area contributed by atoms with Gasteiger partial charge in [-0.2, -0.15) is 0 Å². The topological polar surface area (TPSA) is 64.8 Å². The summed E-state index contributed by atoms with van der Waals surface area (Å²) in [6.45, 7) is 0. The Morgan fingerprint density at radius 3 is 1.67 bits per heavy atom. The highest BCUT2D eigenvalue weighted by Gasteiger charge is 2.51. The van der Waals surface area contributed by atoms with Crippen LogP contribution in [0.25, 0.3) is 49.5 Å². The molecule has 5 heteroatoms. The van der Waals surface area contributed by atoms with Crippen molar-refractivity contribution in [3.8, 4) is 27.9 Å². The molecule has 42 heavy (non-hydrogen) atoms. The van der Waals surface area contributed by atoms with Crippen LogP contribution in [0.4, 0.5) is 0 Å². The standard InChI is InChI=1S/C37H21N3O2/c41-35-26-15-18-39-21-30(26)27-20-34-28(19-29(27)36(42)40(35)22-13-16-38-17-14-22)25-9-3-6-12-33(25)37(34)31-10-4-1-7-23(31)24-8-2-5-11-32(24)37/h1-21H. The summed E-state index contributed by atoms with van der Waals surface area (Å²) in [5, 5.41) is 2.26. The third-order valence-corrected chi connectivity index (χ3v) is 9.03. The average Bonchev–Trinajstić information content (AvgIpc) is 3.48. The van der Waals surface area contributed by atoms with Crippen LogP contribution in [0.15, 0.2) is 138 Å². The summed E-state index contributed by atoms with van der Waals surface area (Å²) in [6, 6.07) is 34.9. The van der Waals surface area contributed by atoms with Crippen LogP contribution in [0.2, 0.25) is 0 Å². The Hall–Kier alpha value is -5.68. The summed E-state index contributed by atoms with van der Waals surface area (Å²) in [7, 11) is 0. The molecule has 3 heterocycles. The van der Waals surface area contributed by atoms with Gasteiger partial charge in [-0.3, -0.25) is 19.6 Å². The first-order valence-corrected chi connectivity index (χ1v) is 13.9. The molecule has 0 amide bonds. The van der Waals surface area contributed by atoms with Crippen LogP contribution in [-0.4, -0.2) is 14.5 Å². The Balaban J connectivity index is 1.52. The lowest BCUT2D eigenvalue weighted by Gasteiger charge is -2.30. The number of pyridine rings is 2. The van der Waals surface area contributed by atoms with E-state index in [9.17, 15) is 9.59 Å². The van der Waals surface area contributed by atoms with Crippen LogP contribution < -0.4 is 11.1 Å². The molecule has 2 aliphatic rings. The fourth-order valence-electron chi connectivity index (χ4n) is 7.39. The largest absolute Gasteiger partial charge is 0.268 e. The van der Waals surface area contributed by atoms with Crippen molar-refractivity contribution < 1.29 is 0 Å². The zero-order valence-corrected chi connectivity index (χ0v) is 22.3. The van der Waals surface area contributed by atoms with Gasteiger partial charge in [0.1, 0.15) is 0 Å². The molecule has 0 aliphatic heterocycles. The van der Waals surface area contributed by atoms with Gasteiger partial charge in [-0.1, -0.05) is 72.8 Å². The normalized spacial score (nSPS) is 13.6. The van der Waals surface area contributed by atoms with Gasteiger partial charge in [-0.25, -0.2) is 4.57 Å². The van der Waals surface area contributed by atoms with E-state index in [4.69, 9.17) is 0 Å². The molecular weight excluding hydrogens is 518 g/mol. The molecule has 0 unspecified atom stereocenters. The number of hydrogen-bond acceptors (Lipinski definition) is 4. The molecular formula is C37H21N3O2. The number of fused-ring (bicyclic) bond motifs is 13. The number of nitrogens with zero attached hydrogens (tertiary/aromatic N) is 3. The van der Waals surface area contributed by atoms with Crippen molar-refractivity contribution in [1.29, 1.82) is 0 Å². The summed E-state index contributed by atoms with van der Waals surface area (Å²) >= 11 is 0. The van der Waals surface area contributed by atoms with Gasteiger partial charge in [0.15, 0.2) is 0 Å². The van der Waals surface area contributed by atoms with E-state index in [0.29, 0.717) is 27.2 Å². The zero-order chi connectivity index (χ0) is 28.0. The van der Waals surface area contributed by atoms with Crippen LogP contribution in [0.1, 0.15) is 22.3 Å². The maximum Gasteiger partial charge on any atom is 0.266 e. The van der Waals surface area contributed by atoms with Gasteiger partial charge in [-0.05, 0) is 80.2 Å². The van der Waals surface area contributed by atoms with Crippen molar-refractivity contribution >= 4 is 21.5 Å². The minimum Gasteiger partial charge on any atom is -0.268 e. The molecule has 0 bridgehead atoms. The first-order valence-electron chi connectivity index (χ1n) is 13.9. The second-order valence-electron chi connectivity index (χ2n) is 10.9. The molecule has 0 atom stereocenters. The molecule has 7 aromatic rings. The number of benzene rings is 4. The van der Waals surface area contributed by atoms with Crippen LogP contribution in [0, 0.1) is 0 Å². The molecule has 1 spiro atoms. The lowest BCUT2D eigenvalue weighted by molar-refractivity contribution is 0.795. The van der Waals surface area contributed by atoms with E-state index in [0.717, 1.165) is 16.7 Å². The average molecular weight is 540 g/mol. The molecule has 0 N–H and O–H groups in total. The van der Waals surface area contributed by atoms with E-state index in [2.05, 4.69) is 82.8 Å². The van der Waals surface area contributed by atoms with Gasteiger partial charge in [0.05, 0.1) is 16.5 Å². The smallest absolute Gasteiger partial charge is 0.266 e. The van der Waals surface area contributed by atoms with Crippen molar-refractivity contribution in [2.45, 2.75) is 5.41 Å². The molecule has 5 nitrogen and oxygen atoms in total. The van der Waals surface area contributed by atoms with E-state index in [1.54, 1.807) is 43.0 Å². The minimum absolute atomic E-state index is 0.370. The summed E-state index contributed by atoms with van der Waals surface area (Å²) < 4.78 is 1.26. The molecule has 196 valence electrons. The predicted molar refractivity (Wildman–Crippen MR) is 165 cm³/mol. The molecule has 0 radical (unpaired) electrons. The van der Waals surface area contributed by atoms with Crippen molar-refractivity contribution in [2.24, 2.45) is 0 Å². The number of rotatable bonds is 1. The molecule has 0 saturated heterocycles. The molecule has 0 fully saturated rings. The highest BCUT2D eigenvalue weighted by molar-refractivity contribution is 6.09. The predicted octanol–water partition coefficient (Wildman–Crippen LogP) is 6.64. The van der Waals surface area contributed by atoms with Crippen LogP contribution in [-0.2, 0) is 5.41 Å². The van der Waals surface area contributed by atoms with Crippen molar-refractivity contribution in [3.05, 3.63) is 171 Å². The van der Waals surface area contributed by atoms with Crippen molar-refractivity contribution in [3.63, 3.8) is 0 Å². The highest BCUT2D eigenvalue weighted by Crippen LogP contribution is 2.63. The fraction of sp³-hybridized carbons (Fsp3) is 0.0270. The highest BCUT2D eigenvalue weighted by atomic mass is 16.2. The molecule has 9 rings (SSSR count). The van der Waals surface area contributed by atoms with Gasteiger partial charge in [0, 0.05) is 35.6 Å². The quantitative estimate of drug-likeness (QED) is 0.235. The lowest BCUT2D eigenvalue weighted by Crippen LogP contribution is -2.28. The van der Waals surface area contributed by atoms with Gasteiger partial charge in [-0.15, -0.1) is 0 Å². The summed E-state index contributed by atoms with van der Waals surface area (Å²) in [5.41, 5.74) is 8.42. The van der Waals surface area contributed by atoms with Crippen LogP contribution in [0.3, 0.4) is 0 Å². The minimum atomic E-state index is -0.555. The maximum absolute atomic E-state index is 14.4. The first kappa shape index (κ1) is 23.1. The zero-order valence-electron chi connectivity index (χ0n) is 22.3. The van der Waals surface area contributed by atoms with Gasteiger partial charge in [0.25, 0.3) is 11.1 Å². The Morgan fingerprint density at radius 2 is 1.02 bits per heavy atom. The third-order valence-electron chi connectivity index (χ3n) is 9.03. The van der Waals surface area contributed by atoms with Crippen molar-refractivity contribution in [1.82, 2.24) is 14.5 Å². The summed E-state index contributed by atoms with van der Waals surface area (Å²) in [5.74, 6) is 0. The monoisotopic (exact) mass is 539 g/mol. The van der Waals surface area contributed by atoms with E-state index in [1.165, 1.54) is 32.4 Å². The third kappa shape index (κ3) is 2.72. The summed E-state index contributed by atoms with van der Waals surface area (Å²) in [4.78, 5) is 36.9. The number of hydrogen-bond donors (Lipinski definition) is 0. The number of aromatic nitrogens is 3.